The van der Waals surface area contributed by atoms with Crippen LogP contribution in [0.2, 0.25) is 0 Å². The highest BCUT2D eigenvalue weighted by Gasteiger charge is 2.45. The highest BCUT2D eigenvalue weighted by molar-refractivity contribution is 5.02. The van der Waals surface area contributed by atoms with E-state index in [1.165, 1.54) is 0 Å². The molecule has 78 valence electrons. The maximum absolute atomic E-state index is 10.2. The van der Waals surface area contributed by atoms with Crippen molar-refractivity contribution in [3.63, 3.8) is 0 Å². The summed E-state index contributed by atoms with van der Waals surface area (Å²) < 4.78 is 0. The van der Waals surface area contributed by atoms with Crippen LogP contribution in [0.15, 0.2) is 0 Å². The van der Waals surface area contributed by atoms with Crippen LogP contribution in [0, 0.1) is 0 Å². The van der Waals surface area contributed by atoms with Gasteiger partial charge in [0, 0.05) is 23.9 Å². The normalized spacial score (nSPS) is 30.0. The van der Waals surface area contributed by atoms with Gasteiger partial charge in [-0.1, -0.05) is 0 Å². The molecule has 1 saturated heterocycles. The summed E-state index contributed by atoms with van der Waals surface area (Å²) in [6, 6.07) is 0. The number of hydrogen-bond donors (Lipinski definition) is 3. The summed E-state index contributed by atoms with van der Waals surface area (Å²) in [7, 11) is 1.82. The first-order chi connectivity index (χ1) is 5.68. The third kappa shape index (κ3) is 2.66. The van der Waals surface area contributed by atoms with Crippen molar-refractivity contribution in [2.24, 2.45) is 0 Å². The topological polar surface area (TPSA) is 44.3 Å². The monoisotopic (exact) mass is 186 g/mol. The summed E-state index contributed by atoms with van der Waals surface area (Å²) in [5.74, 6) is 0. The third-order valence-electron chi connectivity index (χ3n) is 2.61. The fraction of sp³-hybridized carbons (Fsp3) is 1.00. The van der Waals surface area contributed by atoms with Crippen LogP contribution in [-0.2, 0) is 0 Å². The summed E-state index contributed by atoms with van der Waals surface area (Å²) in [6.45, 7) is 8.48. The fourth-order valence-electron chi connectivity index (χ4n) is 2.71. The summed E-state index contributed by atoms with van der Waals surface area (Å²) >= 11 is 0. The molecule has 0 unspecified atom stereocenters. The van der Waals surface area contributed by atoms with E-state index in [0.717, 1.165) is 12.8 Å². The van der Waals surface area contributed by atoms with E-state index < -0.39 is 5.72 Å². The maximum Gasteiger partial charge on any atom is 0.119 e. The lowest BCUT2D eigenvalue weighted by Crippen LogP contribution is -2.66. The highest BCUT2D eigenvalue weighted by Crippen LogP contribution is 2.33. The van der Waals surface area contributed by atoms with Crippen LogP contribution in [0.5, 0.6) is 0 Å². The van der Waals surface area contributed by atoms with Gasteiger partial charge in [0.1, 0.15) is 5.72 Å². The van der Waals surface area contributed by atoms with Crippen molar-refractivity contribution in [1.82, 2.24) is 10.6 Å². The van der Waals surface area contributed by atoms with Crippen molar-refractivity contribution >= 4 is 0 Å². The van der Waals surface area contributed by atoms with E-state index in [4.69, 9.17) is 0 Å². The second-order valence-corrected chi connectivity index (χ2v) is 5.53. The number of nitrogens with one attached hydrogen (secondary N) is 2. The van der Waals surface area contributed by atoms with Gasteiger partial charge in [0.05, 0.1) is 0 Å². The van der Waals surface area contributed by atoms with Crippen molar-refractivity contribution in [3.05, 3.63) is 0 Å². The van der Waals surface area contributed by atoms with Crippen LogP contribution in [0.4, 0.5) is 0 Å². The molecule has 1 aliphatic rings. The van der Waals surface area contributed by atoms with Crippen molar-refractivity contribution in [2.45, 2.75) is 57.3 Å². The second-order valence-electron chi connectivity index (χ2n) is 5.53. The maximum atomic E-state index is 10.2. The first kappa shape index (κ1) is 11.0. The standard InChI is InChI=1S/C10H22N2O/c1-8(2)6-10(13,11-5)7-9(3,4)12-8/h11-13H,6-7H2,1-5H3. The van der Waals surface area contributed by atoms with Crippen molar-refractivity contribution in [1.29, 1.82) is 0 Å². The molecule has 0 aromatic heterocycles. The van der Waals surface area contributed by atoms with Gasteiger partial charge in [-0.3, -0.25) is 5.32 Å². The molecule has 0 bridgehead atoms. The Hall–Kier alpha value is -0.120. The Morgan fingerprint density at radius 3 is 1.77 bits per heavy atom. The minimum atomic E-state index is -0.724. The molecule has 0 aromatic carbocycles. The van der Waals surface area contributed by atoms with Crippen LogP contribution in [-0.4, -0.2) is 29.0 Å². The van der Waals surface area contributed by atoms with E-state index in [9.17, 15) is 5.11 Å². The van der Waals surface area contributed by atoms with Crippen LogP contribution in [0.25, 0.3) is 0 Å². The van der Waals surface area contributed by atoms with Crippen LogP contribution < -0.4 is 10.6 Å². The number of rotatable bonds is 1. The molecule has 0 spiro atoms. The van der Waals surface area contributed by atoms with Gasteiger partial charge in [0.2, 0.25) is 0 Å². The molecule has 1 heterocycles. The van der Waals surface area contributed by atoms with E-state index in [2.05, 4.69) is 38.3 Å². The Bertz CT molecular complexity index is 183. The van der Waals surface area contributed by atoms with E-state index in [0.29, 0.717) is 0 Å². The molecule has 0 aromatic rings. The average molecular weight is 186 g/mol. The molecular weight excluding hydrogens is 164 g/mol. The first-order valence-corrected chi connectivity index (χ1v) is 4.89. The van der Waals surface area contributed by atoms with Gasteiger partial charge >= 0.3 is 0 Å². The van der Waals surface area contributed by atoms with Crippen molar-refractivity contribution < 1.29 is 5.11 Å². The Morgan fingerprint density at radius 1 is 1.08 bits per heavy atom. The van der Waals surface area contributed by atoms with Gasteiger partial charge in [0.15, 0.2) is 0 Å². The molecule has 3 N–H and O–H groups in total. The fourth-order valence-corrected chi connectivity index (χ4v) is 2.71. The Labute approximate surface area is 80.9 Å². The Kier molecular flexibility index (Phi) is 2.48. The van der Waals surface area contributed by atoms with E-state index in [-0.39, 0.29) is 11.1 Å². The summed E-state index contributed by atoms with van der Waals surface area (Å²) in [5.41, 5.74) is -0.753. The molecule has 0 amide bonds. The molecule has 0 aliphatic carbocycles. The quantitative estimate of drug-likeness (QED) is 0.532. The number of hydrogen-bond acceptors (Lipinski definition) is 3. The van der Waals surface area contributed by atoms with Crippen LogP contribution in [0.1, 0.15) is 40.5 Å². The third-order valence-corrected chi connectivity index (χ3v) is 2.61. The molecule has 1 rings (SSSR count). The minimum Gasteiger partial charge on any atom is -0.376 e. The lowest BCUT2D eigenvalue weighted by molar-refractivity contribution is -0.0755. The highest BCUT2D eigenvalue weighted by atomic mass is 16.3. The molecule has 0 saturated carbocycles. The van der Waals surface area contributed by atoms with E-state index in [1.54, 1.807) is 0 Å². The van der Waals surface area contributed by atoms with Gasteiger partial charge in [-0.05, 0) is 34.7 Å². The Morgan fingerprint density at radius 2 is 1.46 bits per heavy atom. The minimum absolute atomic E-state index is 0.0144. The predicted molar refractivity (Wildman–Crippen MR) is 54.5 cm³/mol. The summed E-state index contributed by atoms with van der Waals surface area (Å²) in [5, 5.41) is 16.7. The molecule has 1 aliphatic heterocycles. The lowest BCUT2D eigenvalue weighted by Gasteiger charge is -2.50. The molecular formula is C10H22N2O. The van der Waals surface area contributed by atoms with Crippen LogP contribution >= 0.6 is 0 Å². The molecule has 0 atom stereocenters. The van der Waals surface area contributed by atoms with E-state index in [1.807, 2.05) is 7.05 Å². The van der Waals surface area contributed by atoms with Gasteiger partial charge in [0.25, 0.3) is 0 Å². The first-order valence-electron chi connectivity index (χ1n) is 4.89. The lowest BCUT2D eigenvalue weighted by atomic mass is 9.77. The smallest absolute Gasteiger partial charge is 0.119 e. The average Bonchev–Trinajstić information content (AvgIpc) is 1.79. The summed E-state index contributed by atoms with van der Waals surface area (Å²) in [6.07, 6.45) is 1.47. The molecule has 3 nitrogen and oxygen atoms in total. The predicted octanol–water partition coefficient (Wildman–Crippen LogP) is 0.835. The zero-order valence-corrected chi connectivity index (χ0v) is 9.36. The zero-order valence-electron chi connectivity index (χ0n) is 9.36. The zero-order chi connectivity index (χ0) is 10.3. The molecule has 13 heavy (non-hydrogen) atoms. The van der Waals surface area contributed by atoms with Crippen molar-refractivity contribution in [2.75, 3.05) is 7.05 Å². The Balaban J connectivity index is 2.84. The molecule has 0 radical (unpaired) electrons. The largest absolute Gasteiger partial charge is 0.376 e. The summed E-state index contributed by atoms with van der Waals surface area (Å²) in [4.78, 5) is 0. The molecule has 1 fully saturated rings. The number of aliphatic hydroxyl groups is 1. The SMILES string of the molecule is CNC1(O)CC(C)(C)NC(C)(C)C1. The number of piperidine rings is 1. The van der Waals surface area contributed by atoms with Gasteiger partial charge in [-0.25, -0.2) is 0 Å². The van der Waals surface area contributed by atoms with Crippen molar-refractivity contribution in [3.8, 4) is 0 Å². The van der Waals surface area contributed by atoms with Gasteiger partial charge < -0.3 is 10.4 Å². The molecule has 3 heteroatoms. The van der Waals surface area contributed by atoms with Gasteiger partial charge in [-0.2, -0.15) is 0 Å². The van der Waals surface area contributed by atoms with Gasteiger partial charge in [-0.15, -0.1) is 0 Å². The van der Waals surface area contributed by atoms with Crippen LogP contribution in [0.3, 0.4) is 0 Å². The second kappa shape index (κ2) is 2.94. The van der Waals surface area contributed by atoms with E-state index >= 15 is 0 Å².